The molecule has 2 amide bonds. The van der Waals surface area contributed by atoms with Gasteiger partial charge in [-0.1, -0.05) is 23.7 Å². The maximum atomic E-state index is 12.8. The van der Waals surface area contributed by atoms with Gasteiger partial charge in [-0.3, -0.25) is 14.9 Å². The Bertz CT molecular complexity index is 999. The van der Waals surface area contributed by atoms with E-state index in [4.69, 9.17) is 17.3 Å². The highest BCUT2D eigenvalue weighted by Crippen LogP contribution is 2.29. The molecule has 4 rings (SSSR count). The molecule has 3 atom stereocenters. The number of hydrogen-bond acceptors (Lipinski definition) is 6. The number of anilines is 1. The molecular weight excluding hydrogens is 408 g/mol. The second-order valence-corrected chi connectivity index (χ2v) is 8.05. The lowest BCUT2D eigenvalue weighted by Gasteiger charge is -2.37. The summed E-state index contributed by atoms with van der Waals surface area (Å²) in [6, 6.07) is 9.74. The van der Waals surface area contributed by atoms with Crippen LogP contribution in [0.3, 0.4) is 0 Å². The number of nitrogens with one attached hydrogen (secondary N) is 2. The van der Waals surface area contributed by atoms with Crippen LogP contribution in [0.2, 0.25) is 5.02 Å². The molecule has 0 saturated carbocycles. The molecule has 2 heterocycles. The van der Waals surface area contributed by atoms with Crippen LogP contribution in [-0.4, -0.2) is 45.4 Å². The molecule has 2 aliphatic rings. The van der Waals surface area contributed by atoms with Gasteiger partial charge in [0.2, 0.25) is 0 Å². The third-order valence-electron chi connectivity index (χ3n) is 5.58. The van der Waals surface area contributed by atoms with Crippen LogP contribution in [0.15, 0.2) is 36.4 Å². The lowest BCUT2D eigenvalue weighted by molar-refractivity contribution is -0.0477. The summed E-state index contributed by atoms with van der Waals surface area (Å²) in [6.45, 7) is 0.642. The highest BCUT2D eigenvalue weighted by Gasteiger charge is 2.38. The van der Waals surface area contributed by atoms with Crippen LogP contribution in [0.5, 0.6) is 0 Å². The minimum atomic E-state index is -0.978. The second-order valence-electron chi connectivity index (χ2n) is 7.61. The first-order valence-corrected chi connectivity index (χ1v) is 10.1. The Morgan fingerprint density at radius 3 is 2.80 bits per heavy atom. The van der Waals surface area contributed by atoms with E-state index >= 15 is 0 Å². The first kappa shape index (κ1) is 20.6. The van der Waals surface area contributed by atoms with E-state index in [0.29, 0.717) is 41.2 Å². The summed E-state index contributed by atoms with van der Waals surface area (Å²) in [4.78, 5) is 26.8. The maximum absolute atomic E-state index is 12.8. The van der Waals surface area contributed by atoms with Crippen LogP contribution in [-0.2, 0) is 13.1 Å². The number of rotatable bonds is 4. The molecule has 1 fully saturated rings. The van der Waals surface area contributed by atoms with Crippen molar-refractivity contribution in [3.05, 3.63) is 63.7 Å². The summed E-state index contributed by atoms with van der Waals surface area (Å²) >= 11 is 5.94. The number of nitrogens with zero attached hydrogens (tertiary/aromatic N) is 1. The van der Waals surface area contributed by atoms with Crippen LogP contribution >= 0.6 is 11.6 Å². The zero-order chi connectivity index (χ0) is 21.4. The van der Waals surface area contributed by atoms with Crippen molar-refractivity contribution in [1.29, 1.82) is 0 Å². The summed E-state index contributed by atoms with van der Waals surface area (Å²) < 4.78 is 0. The Balaban J connectivity index is 1.44. The van der Waals surface area contributed by atoms with Gasteiger partial charge < -0.3 is 26.2 Å². The maximum Gasteiger partial charge on any atom is 0.254 e. The Hall–Kier alpha value is -2.65. The highest BCUT2D eigenvalue weighted by molar-refractivity contribution is 6.31. The van der Waals surface area contributed by atoms with Gasteiger partial charge in [-0.25, -0.2) is 0 Å². The minimum Gasteiger partial charge on any atom is -0.398 e. The first-order valence-electron chi connectivity index (χ1n) is 9.71. The van der Waals surface area contributed by atoms with Crippen LogP contribution in [0.1, 0.15) is 44.7 Å². The second kappa shape index (κ2) is 8.23. The zero-order valence-electron chi connectivity index (χ0n) is 16.1. The molecule has 0 bridgehead atoms. The largest absolute Gasteiger partial charge is 0.398 e. The number of halogens is 1. The quantitative estimate of drug-likeness (QED) is 0.464. The number of nitrogens with two attached hydrogens (primary N) is 1. The molecule has 1 saturated heterocycles. The molecule has 2 aliphatic heterocycles. The fourth-order valence-electron chi connectivity index (χ4n) is 3.98. The number of piperidine rings is 1. The van der Waals surface area contributed by atoms with E-state index in [-0.39, 0.29) is 18.4 Å². The van der Waals surface area contributed by atoms with Gasteiger partial charge in [0, 0.05) is 29.4 Å². The lowest BCUT2D eigenvalue weighted by Crippen LogP contribution is -2.56. The average Bonchev–Trinajstić information content (AvgIpc) is 3.03. The normalized spacial score (nSPS) is 23.4. The van der Waals surface area contributed by atoms with Gasteiger partial charge in [0.25, 0.3) is 11.8 Å². The topological polar surface area (TPSA) is 128 Å². The van der Waals surface area contributed by atoms with Crippen LogP contribution in [0.25, 0.3) is 0 Å². The third kappa shape index (κ3) is 3.99. The number of fused-ring (bicyclic) bond motifs is 1. The smallest absolute Gasteiger partial charge is 0.254 e. The van der Waals surface area contributed by atoms with Gasteiger partial charge >= 0.3 is 0 Å². The molecule has 9 heteroatoms. The Labute approximate surface area is 178 Å². The Kier molecular flexibility index (Phi) is 5.66. The summed E-state index contributed by atoms with van der Waals surface area (Å²) in [6.07, 6.45) is -0.765. The van der Waals surface area contributed by atoms with Crippen LogP contribution in [0.4, 0.5) is 5.69 Å². The van der Waals surface area contributed by atoms with Crippen molar-refractivity contribution in [3.63, 3.8) is 0 Å². The zero-order valence-corrected chi connectivity index (χ0v) is 16.9. The molecule has 0 aromatic heterocycles. The molecule has 0 aliphatic carbocycles. The molecule has 0 spiro atoms. The molecule has 158 valence electrons. The lowest BCUT2D eigenvalue weighted by atomic mass is 10.0. The predicted octanol–water partition coefficient (Wildman–Crippen LogP) is 1.20. The van der Waals surface area contributed by atoms with Gasteiger partial charge in [0.15, 0.2) is 0 Å². The van der Waals surface area contributed by atoms with E-state index in [1.807, 2.05) is 6.07 Å². The molecule has 2 aromatic carbocycles. The van der Waals surface area contributed by atoms with Gasteiger partial charge in [-0.15, -0.1) is 0 Å². The van der Waals surface area contributed by atoms with Gasteiger partial charge in [-0.2, -0.15) is 0 Å². The van der Waals surface area contributed by atoms with Crippen molar-refractivity contribution >= 4 is 29.1 Å². The molecule has 2 aromatic rings. The van der Waals surface area contributed by atoms with Gasteiger partial charge in [0.05, 0.1) is 11.6 Å². The van der Waals surface area contributed by atoms with Crippen molar-refractivity contribution in [3.8, 4) is 0 Å². The Morgan fingerprint density at radius 2 is 2.03 bits per heavy atom. The highest BCUT2D eigenvalue weighted by atomic mass is 35.5. The van der Waals surface area contributed by atoms with Crippen molar-refractivity contribution in [2.45, 2.75) is 44.4 Å². The molecule has 30 heavy (non-hydrogen) atoms. The van der Waals surface area contributed by atoms with E-state index in [2.05, 4.69) is 10.6 Å². The van der Waals surface area contributed by atoms with Gasteiger partial charge in [0.1, 0.15) is 12.5 Å². The number of aliphatic hydroxyl groups is 2. The standard InChI is InChI=1S/C21H23ClN4O4/c22-13-2-4-16(23)15(8-13)19(28)24-9-11-1-3-14-12(7-11)10-26(21(14)30)17-5-6-18(27)25-20(17)29/h1-4,7-8,17-18,20,25,27,29H,5-6,9-10,23H2,(H,24,28). The SMILES string of the molecule is Nc1ccc(Cl)cc1C(=O)NCc1ccc2c(c1)CN(C1CCC(O)NC1O)C2=O. The van der Waals surface area contributed by atoms with Gasteiger partial charge in [-0.05, 0) is 48.2 Å². The number of hydrogen-bond donors (Lipinski definition) is 5. The molecule has 8 nitrogen and oxygen atoms in total. The number of carbonyl (C=O) groups excluding carboxylic acids is 2. The monoisotopic (exact) mass is 430 g/mol. The molecule has 0 radical (unpaired) electrons. The van der Waals surface area contributed by atoms with E-state index in [0.717, 1.165) is 11.1 Å². The van der Waals surface area contributed by atoms with E-state index in [1.165, 1.54) is 6.07 Å². The number of carbonyl (C=O) groups is 2. The van der Waals surface area contributed by atoms with E-state index < -0.39 is 18.5 Å². The number of aliphatic hydroxyl groups excluding tert-OH is 2. The van der Waals surface area contributed by atoms with Crippen molar-refractivity contribution in [2.75, 3.05) is 5.73 Å². The van der Waals surface area contributed by atoms with E-state index in [1.54, 1.807) is 29.2 Å². The average molecular weight is 431 g/mol. The van der Waals surface area contributed by atoms with Crippen LogP contribution in [0, 0.1) is 0 Å². The van der Waals surface area contributed by atoms with Crippen molar-refractivity contribution < 1.29 is 19.8 Å². The molecule has 3 unspecified atom stereocenters. The number of amides is 2. The fraction of sp³-hybridized carbons (Fsp3) is 0.333. The summed E-state index contributed by atoms with van der Waals surface area (Å²) in [5.74, 6) is -0.474. The third-order valence-corrected chi connectivity index (χ3v) is 5.81. The van der Waals surface area contributed by atoms with E-state index in [9.17, 15) is 19.8 Å². The number of nitrogen functional groups attached to an aromatic ring is 1. The number of benzene rings is 2. The van der Waals surface area contributed by atoms with Crippen LogP contribution < -0.4 is 16.4 Å². The first-order chi connectivity index (χ1) is 14.3. The Morgan fingerprint density at radius 1 is 1.23 bits per heavy atom. The van der Waals surface area contributed by atoms with Crippen molar-refractivity contribution in [1.82, 2.24) is 15.5 Å². The summed E-state index contributed by atoms with van der Waals surface area (Å²) in [5, 5.41) is 25.7. The fourth-order valence-corrected chi connectivity index (χ4v) is 4.15. The molecule has 6 N–H and O–H groups in total. The minimum absolute atomic E-state index is 0.144. The summed E-state index contributed by atoms with van der Waals surface area (Å²) in [7, 11) is 0. The summed E-state index contributed by atoms with van der Waals surface area (Å²) in [5.41, 5.74) is 8.77. The predicted molar refractivity (Wildman–Crippen MR) is 112 cm³/mol. The van der Waals surface area contributed by atoms with Crippen molar-refractivity contribution in [2.24, 2.45) is 0 Å². The molecular formula is C21H23ClN4O4.